The largest absolute Gasteiger partial charge is 0.331 e. The first-order valence-corrected chi connectivity index (χ1v) is 11.0. The lowest BCUT2D eigenvalue weighted by atomic mass is 10.1. The number of rotatable bonds is 5. The van der Waals surface area contributed by atoms with Crippen LogP contribution in [0.25, 0.3) is 0 Å². The summed E-state index contributed by atoms with van der Waals surface area (Å²) in [6.07, 6.45) is 5.82. The van der Waals surface area contributed by atoms with Crippen LogP contribution in [0.3, 0.4) is 0 Å². The Bertz CT molecular complexity index is 906. The Balaban J connectivity index is 1.42. The average molecular weight is 395 g/mol. The van der Waals surface area contributed by atoms with Crippen LogP contribution in [0, 0.1) is 6.92 Å². The number of nitrogens with zero attached hydrogens (tertiary/aromatic N) is 2. The molecular formula is C22H22N2OS2. The second-order valence-corrected chi connectivity index (χ2v) is 9.15. The number of likely N-dealkylation sites (tertiary alicyclic amines) is 1. The summed E-state index contributed by atoms with van der Waals surface area (Å²) in [4.78, 5) is 23.0. The molecule has 0 bridgehead atoms. The molecule has 4 rings (SSSR count). The van der Waals surface area contributed by atoms with Crippen molar-refractivity contribution in [3.63, 3.8) is 0 Å². The van der Waals surface area contributed by atoms with E-state index in [1.807, 2.05) is 29.3 Å². The summed E-state index contributed by atoms with van der Waals surface area (Å²) in [7, 11) is 0. The van der Waals surface area contributed by atoms with E-state index in [9.17, 15) is 4.79 Å². The molecule has 1 atom stereocenters. The number of carbonyl (C=O) groups excluding carboxylic acids is 1. The van der Waals surface area contributed by atoms with Crippen molar-refractivity contribution < 1.29 is 4.79 Å². The van der Waals surface area contributed by atoms with Gasteiger partial charge in [-0.3, -0.25) is 9.78 Å². The number of amides is 1. The summed E-state index contributed by atoms with van der Waals surface area (Å²) < 4.78 is 0. The zero-order valence-electron chi connectivity index (χ0n) is 15.3. The molecule has 1 unspecified atom stereocenters. The maximum absolute atomic E-state index is 13.0. The second kappa shape index (κ2) is 8.28. The van der Waals surface area contributed by atoms with Crippen LogP contribution < -0.4 is 0 Å². The predicted molar refractivity (Wildman–Crippen MR) is 112 cm³/mol. The molecule has 1 amide bonds. The van der Waals surface area contributed by atoms with Crippen molar-refractivity contribution >= 4 is 29.0 Å². The molecule has 0 spiro atoms. The smallest absolute Gasteiger partial charge is 0.254 e. The summed E-state index contributed by atoms with van der Waals surface area (Å²) in [5.74, 6) is 1.03. The molecule has 0 radical (unpaired) electrons. The van der Waals surface area contributed by atoms with E-state index in [1.165, 1.54) is 20.2 Å². The lowest BCUT2D eigenvalue weighted by molar-refractivity contribution is 0.0738. The summed E-state index contributed by atoms with van der Waals surface area (Å²) in [5.41, 5.74) is 1.98. The lowest BCUT2D eigenvalue weighted by Gasteiger charge is -2.24. The highest BCUT2D eigenvalue weighted by Crippen LogP contribution is 2.36. The molecule has 5 heteroatoms. The number of thioether (sulfide) groups is 1. The van der Waals surface area contributed by atoms with Crippen molar-refractivity contribution in [3.8, 4) is 0 Å². The maximum Gasteiger partial charge on any atom is 0.254 e. The van der Waals surface area contributed by atoms with Crippen molar-refractivity contribution in [1.29, 1.82) is 0 Å². The Labute approximate surface area is 168 Å². The molecule has 0 saturated carbocycles. The van der Waals surface area contributed by atoms with Crippen LogP contribution >= 0.6 is 23.1 Å². The van der Waals surface area contributed by atoms with Gasteiger partial charge in [-0.05, 0) is 67.8 Å². The molecule has 1 saturated heterocycles. The van der Waals surface area contributed by atoms with Crippen LogP contribution in [0.2, 0.25) is 0 Å². The van der Waals surface area contributed by atoms with Crippen LogP contribution in [0.15, 0.2) is 65.8 Å². The lowest BCUT2D eigenvalue weighted by Crippen LogP contribution is -2.30. The summed E-state index contributed by atoms with van der Waals surface area (Å²) in [5, 5.41) is 0. The molecule has 3 aromatic rings. The molecule has 3 heterocycles. The normalized spacial score (nSPS) is 16.6. The second-order valence-electron chi connectivity index (χ2n) is 6.78. The molecule has 0 N–H and O–H groups in total. The Morgan fingerprint density at radius 3 is 2.78 bits per heavy atom. The van der Waals surface area contributed by atoms with Crippen molar-refractivity contribution in [1.82, 2.24) is 9.88 Å². The predicted octanol–water partition coefficient (Wildman–Crippen LogP) is 5.72. The minimum absolute atomic E-state index is 0.146. The average Bonchev–Trinajstić information content (AvgIpc) is 3.36. The van der Waals surface area contributed by atoms with E-state index in [2.05, 4.69) is 42.2 Å². The van der Waals surface area contributed by atoms with Gasteiger partial charge in [0, 0.05) is 44.9 Å². The Morgan fingerprint density at radius 2 is 2.07 bits per heavy atom. The van der Waals surface area contributed by atoms with Gasteiger partial charge >= 0.3 is 0 Å². The molecule has 1 aliphatic rings. The fourth-order valence-electron chi connectivity index (χ4n) is 3.45. The third-order valence-corrected chi connectivity index (χ3v) is 7.02. The third kappa shape index (κ3) is 4.25. The molecule has 2 aromatic heterocycles. The fourth-order valence-corrected chi connectivity index (χ4v) is 5.31. The molecule has 1 fully saturated rings. The first-order chi connectivity index (χ1) is 13.2. The van der Waals surface area contributed by atoms with Gasteiger partial charge in [0.1, 0.15) is 0 Å². The number of thiophene rings is 1. The van der Waals surface area contributed by atoms with Crippen molar-refractivity contribution in [2.24, 2.45) is 0 Å². The maximum atomic E-state index is 13.0. The standard InChI is InChI=1S/C22H22N2OS2/c1-16-6-11-21(27-16)20-5-3-13-24(20)22(25)18-7-9-19(10-8-18)26-15-17-4-2-12-23-14-17/h2,4,6-12,14,20H,3,5,13,15H2,1H3. The van der Waals surface area contributed by atoms with Gasteiger partial charge in [0.05, 0.1) is 6.04 Å². The monoisotopic (exact) mass is 394 g/mol. The number of carbonyl (C=O) groups is 1. The molecule has 138 valence electrons. The third-order valence-electron chi connectivity index (χ3n) is 4.83. The van der Waals surface area contributed by atoms with Gasteiger partial charge in [0.15, 0.2) is 0 Å². The van der Waals surface area contributed by atoms with Gasteiger partial charge in [0.25, 0.3) is 5.91 Å². The fraction of sp³-hybridized carbons (Fsp3) is 0.273. The summed E-state index contributed by atoms with van der Waals surface area (Å²) in [6, 6.07) is 16.6. The molecular weight excluding hydrogens is 372 g/mol. The van der Waals surface area contributed by atoms with Crippen molar-refractivity contribution in [2.75, 3.05) is 6.54 Å². The van der Waals surface area contributed by atoms with E-state index in [0.717, 1.165) is 30.7 Å². The Morgan fingerprint density at radius 1 is 1.22 bits per heavy atom. The van der Waals surface area contributed by atoms with Gasteiger partial charge in [-0.1, -0.05) is 6.07 Å². The van der Waals surface area contributed by atoms with Gasteiger partial charge in [-0.25, -0.2) is 0 Å². The van der Waals surface area contributed by atoms with Crippen LogP contribution in [-0.2, 0) is 5.75 Å². The highest BCUT2D eigenvalue weighted by Gasteiger charge is 2.31. The summed E-state index contributed by atoms with van der Waals surface area (Å²) in [6.45, 7) is 2.97. The zero-order valence-corrected chi connectivity index (χ0v) is 16.9. The highest BCUT2D eigenvalue weighted by atomic mass is 32.2. The van der Waals surface area contributed by atoms with Gasteiger partial charge in [0.2, 0.25) is 0 Å². The van der Waals surface area contributed by atoms with E-state index in [1.54, 1.807) is 29.3 Å². The van der Waals surface area contributed by atoms with Crippen molar-refractivity contribution in [2.45, 2.75) is 36.5 Å². The highest BCUT2D eigenvalue weighted by molar-refractivity contribution is 7.98. The minimum Gasteiger partial charge on any atom is -0.331 e. The topological polar surface area (TPSA) is 33.2 Å². The Hall–Kier alpha value is -2.11. The Kier molecular flexibility index (Phi) is 5.60. The minimum atomic E-state index is 0.146. The van der Waals surface area contributed by atoms with E-state index in [4.69, 9.17) is 0 Å². The quantitative estimate of drug-likeness (QED) is 0.519. The number of aromatic nitrogens is 1. The van der Waals surface area contributed by atoms with Crippen molar-refractivity contribution in [3.05, 3.63) is 81.8 Å². The number of pyridine rings is 1. The first-order valence-electron chi connectivity index (χ1n) is 9.20. The van der Waals surface area contributed by atoms with E-state index >= 15 is 0 Å². The number of hydrogen-bond donors (Lipinski definition) is 0. The molecule has 1 aromatic carbocycles. The van der Waals surface area contributed by atoms with E-state index in [-0.39, 0.29) is 11.9 Å². The van der Waals surface area contributed by atoms with E-state index < -0.39 is 0 Å². The molecule has 3 nitrogen and oxygen atoms in total. The molecule has 27 heavy (non-hydrogen) atoms. The van der Waals surface area contributed by atoms with Gasteiger partial charge in [-0.15, -0.1) is 23.1 Å². The van der Waals surface area contributed by atoms with Crippen LogP contribution in [0.1, 0.15) is 44.6 Å². The summed E-state index contributed by atoms with van der Waals surface area (Å²) >= 11 is 3.57. The number of hydrogen-bond acceptors (Lipinski definition) is 4. The number of benzene rings is 1. The van der Waals surface area contributed by atoms with Crippen LogP contribution in [0.4, 0.5) is 0 Å². The molecule has 1 aliphatic heterocycles. The number of aryl methyl sites for hydroxylation is 1. The SMILES string of the molecule is Cc1ccc(C2CCCN2C(=O)c2ccc(SCc3cccnc3)cc2)s1. The zero-order chi connectivity index (χ0) is 18.6. The van der Waals surface area contributed by atoms with Gasteiger partial charge < -0.3 is 4.90 Å². The van der Waals surface area contributed by atoms with Gasteiger partial charge in [-0.2, -0.15) is 0 Å². The van der Waals surface area contributed by atoms with Crippen LogP contribution in [-0.4, -0.2) is 22.3 Å². The molecule has 0 aliphatic carbocycles. The van der Waals surface area contributed by atoms with Crippen LogP contribution in [0.5, 0.6) is 0 Å². The first kappa shape index (κ1) is 18.3. The van der Waals surface area contributed by atoms with E-state index in [0.29, 0.717) is 0 Å².